The van der Waals surface area contributed by atoms with Crippen molar-refractivity contribution in [2.75, 3.05) is 13.1 Å². The zero-order chi connectivity index (χ0) is 16.9. The molecule has 0 bridgehead atoms. The number of carbonyl (C=O) groups excluding carboxylic acids is 1. The van der Waals surface area contributed by atoms with Crippen LogP contribution in [-0.2, 0) is 4.79 Å². The summed E-state index contributed by atoms with van der Waals surface area (Å²) >= 11 is 0. The number of nitrogens with zero attached hydrogens (tertiary/aromatic N) is 1. The lowest BCUT2D eigenvalue weighted by atomic mass is 9.98. The van der Waals surface area contributed by atoms with Crippen molar-refractivity contribution in [1.82, 2.24) is 10.2 Å². The Bertz CT molecular complexity index is 719. The van der Waals surface area contributed by atoms with Crippen molar-refractivity contribution in [3.05, 3.63) is 60.7 Å². The zero-order valence-electron chi connectivity index (χ0n) is 14.4. The van der Waals surface area contributed by atoms with Crippen molar-refractivity contribution in [2.45, 2.75) is 38.3 Å². The minimum atomic E-state index is 0.107. The molecule has 2 aromatic carbocycles. The van der Waals surface area contributed by atoms with Crippen molar-refractivity contribution < 1.29 is 4.79 Å². The molecule has 126 valence electrons. The van der Waals surface area contributed by atoms with Crippen LogP contribution in [0.3, 0.4) is 0 Å². The molecule has 1 aliphatic heterocycles. The number of hydrogen-bond donors (Lipinski definition) is 1. The first-order chi connectivity index (χ1) is 11.7. The Morgan fingerprint density at radius 3 is 2.92 bits per heavy atom. The molecule has 0 radical (unpaired) electrons. The van der Waals surface area contributed by atoms with Gasteiger partial charge in [-0.3, -0.25) is 4.79 Å². The maximum absolute atomic E-state index is 12.5. The van der Waals surface area contributed by atoms with E-state index in [1.807, 2.05) is 6.08 Å². The Labute approximate surface area is 144 Å². The SMILES string of the molecule is C=CCNCC[C@@H]1CCC(=O)N1[C@H](C)c1cccc2ccccc12. The molecule has 1 N–H and O–H groups in total. The van der Waals surface area contributed by atoms with Crippen LogP contribution in [0.15, 0.2) is 55.1 Å². The fraction of sp³-hybridized carbons (Fsp3) is 0.381. The molecule has 0 spiro atoms. The van der Waals surface area contributed by atoms with Gasteiger partial charge < -0.3 is 10.2 Å². The highest BCUT2D eigenvalue weighted by atomic mass is 16.2. The van der Waals surface area contributed by atoms with Crippen molar-refractivity contribution in [1.29, 1.82) is 0 Å². The lowest BCUT2D eigenvalue weighted by Gasteiger charge is -2.32. The van der Waals surface area contributed by atoms with Crippen LogP contribution < -0.4 is 5.32 Å². The van der Waals surface area contributed by atoms with E-state index in [9.17, 15) is 4.79 Å². The molecule has 1 fully saturated rings. The van der Waals surface area contributed by atoms with Crippen LogP contribution in [0.4, 0.5) is 0 Å². The van der Waals surface area contributed by atoms with Crippen LogP contribution in [0, 0.1) is 0 Å². The predicted octanol–water partition coefficient (Wildman–Crippen LogP) is 4.06. The molecule has 1 aliphatic rings. The highest BCUT2D eigenvalue weighted by Gasteiger charge is 2.34. The molecule has 3 rings (SSSR count). The van der Waals surface area contributed by atoms with Crippen molar-refractivity contribution >= 4 is 16.7 Å². The second-order valence-corrected chi connectivity index (χ2v) is 6.52. The second-order valence-electron chi connectivity index (χ2n) is 6.52. The number of rotatable bonds is 7. The van der Waals surface area contributed by atoms with Gasteiger partial charge in [0.1, 0.15) is 0 Å². The van der Waals surface area contributed by atoms with Gasteiger partial charge in [0, 0.05) is 19.0 Å². The second kappa shape index (κ2) is 7.63. The third kappa shape index (κ3) is 3.36. The molecule has 2 atom stereocenters. The van der Waals surface area contributed by atoms with Gasteiger partial charge in [0.15, 0.2) is 0 Å². The summed E-state index contributed by atoms with van der Waals surface area (Å²) in [7, 11) is 0. The van der Waals surface area contributed by atoms with E-state index < -0.39 is 0 Å². The van der Waals surface area contributed by atoms with E-state index in [2.05, 4.69) is 66.2 Å². The normalized spacial score (nSPS) is 19.0. The summed E-state index contributed by atoms with van der Waals surface area (Å²) in [5.41, 5.74) is 1.24. The predicted molar refractivity (Wildman–Crippen MR) is 99.9 cm³/mol. The van der Waals surface area contributed by atoms with Gasteiger partial charge in [-0.25, -0.2) is 0 Å². The fourth-order valence-electron chi connectivity index (χ4n) is 3.81. The lowest BCUT2D eigenvalue weighted by Crippen LogP contribution is -2.37. The quantitative estimate of drug-likeness (QED) is 0.616. The van der Waals surface area contributed by atoms with Crippen molar-refractivity contribution in [2.24, 2.45) is 0 Å². The molecule has 0 aromatic heterocycles. The Morgan fingerprint density at radius 2 is 2.08 bits per heavy atom. The van der Waals surface area contributed by atoms with E-state index in [4.69, 9.17) is 0 Å². The molecule has 1 amide bonds. The molecular formula is C21H26N2O. The summed E-state index contributed by atoms with van der Waals surface area (Å²) in [5, 5.41) is 5.83. The first-order valence-electron chi connectivity index (χ1n) is 8.83. The van der Waals surface area contributed by atoms with E-state index in [1.165, 1.54) is 16.3 Å². The van der Waals surface area contributed by atoms with Crippen LogP contribution >= 0.6 is 0 Å². The fourth-order valence-corrected chi connectivity index (χ4v) is 3.81. The molecule has 0 unspecified atom stereocenters. The molecule has 3 heteroatoms. The van der Waals surface area contributed by atoms with E-state index in [0.717, 1.165) is 25.9 Å². The molecule has 0 aliphatic carbocycles. The lowest BCUT2D eigenvalue weighted by molar-refractivity contribution is -0.131. The van der Waals surface area contributed by atoms with Crippen LogP contribution in [0.2, 0.25) is 0 Å². The number of carbonyl (C=O) groups is 1. The van der Waals surface area contributed by atoms with E-state index in [1.54, 1.807) is 0 Å². The van der Waals surface area contributed by atoms with Crippen LogP contribution in [0.1, 0.15) is 37.8 Å². The van der Waals surface area contributed by atoms with Crippen molar-refractivity contribution in [3.8, 4) is 0 Å². The van der Waals surface area contributed by atoms with Gasteiger partial charge in [0.25, 0.3) is 0 Å². The maximum atomic E-state index is 12.5. The van der Waals surface area contributed by atoms with Crippen LogP contribution in [0.5, 0.6) is 0 Å². The van der Waals surface area contributed by atoms with Gasteiger partial charge in [0.2, 0.25) is 5.91 Å². The highest BCUT2D eigenvalue weighted by Crippen LogP contribution is 2.34. The molecule has 1 saturated heterocycles. The maximum Gasteiger partial charge on any atom is 0.223 e. The summed E-state index contributed by atoms with van der Waals surface area (Å²) in [6.45, 7) is 7.63. The summed E-state index contributed by atoms with van der Waals surface area (Å²) in [6.07, 6.45) is 4.50. The Kier molecular flexibility index (Phi) is 5.31. The summed E-state index contributed by atoms with van der Waals surface area (Å²) < 4.78 is 0. The number of nitrogens with one attached hydrogen (secondary N) is 1. The van der Waals surface area contributed by atoms with Crippen molar-refractivity contribution in [3.63, 3.8) is 0 Å². The monoisotopic (exact) mass is 322 g/mol. The Hall–Kier alpha value is -2.13. The average Bonchev–Trinajstić information content (AvgIpc) is 2.98. The number of hydrogen-bond acceptors (Lipinski definition) is 2. The first kappa shape index (κ1) is 16.7. The van der Waals surface area contributed by atoms with Gasteiger partial charge in [0.05, 0.1) is 6.04 Å². The molecule has 2 aromatic rings. The summed E-state index contributed by atoms with van der Waals surface area (Å²) in [4.78, 5) is 14.6. The smallest absolute Gasteiger partial charge is 0.223 e. The summed E-state index contributed by atoms with van der Waals surface area (Å²) in [6, 6.07) is 15.2. The zero-order valence-corrected chi connectivity index (χ0v) is 14.4. The Balaban J connectivity index is 1.81. The van der Waals surface area contributed by atoms with Gasteiger partial charge in [-0.15, -0.1) is 6.58 Å². The highest BCUT2D eigenvalue weighted by molar-refractivity contribution is 5.87. The average molecular weight is 322 g/mol. The summed E-state index contributed by atoms with van der Waals surface area (Å²) in [5.74, 6) is 0.282. The topological polar surface area (TPSA) is 32.3 Å². The Morgan fingerprint density at radius 1 is 1.29 bits per heavy atom. The number of benzene rings is 2. The van der Waals surface area contributed by atoms with Crippen LogP contribution in [-0.4, -0.2) is 29.9 Å². The van der Waals surface area contributed by atoms with Crippen LogP contribution in [0.25, 0.3) is 10.8 Å². The molecule has 3 nitrogen and oxygen atoms in total. The number of fused-ring (bicyclic) bond motifs is 1. The number of likely N-dealkylation sites (tertiary alicyclic amines) is 1. The molecular weight excluding hydrogens is 296 g/mol. The molecule has 0 saturated carbocycles. The first-order valence-corrected chi connectivity index (χ1v) is 8.83. The van der Waals surface area contributed by atoms with E-state index >= 15 is 0 Å². The van der Waals surface area contributed by atoms with Gasteiger partial charge >= 0.3 is 0 Å². The standard InChI is InChI=1S/C21H26N2O/c1-3-14-22-15-13-18-11-12-21(24)23(18)16(2)19-10-6-8-17-7-4-5-9-20(17)19/h3-10,16,18,22H,1,11-15H2,2H3/t16-,18+/m1/s1. The number of amides is 1. The van der Waals surface area contributed by atoms with Gasteiger partial charge in [-0.05, 0) is 42.6 Å². The van der Waals surface area contributed by atoms with Gasteiger partial charge in [-0.2, -0.15) is 0 Å². The van der Waals surface area contributed by atoms with Gasteiger partial charge in [-0.1, -0.05) is 48.5 Å². The van der Waals surface area contributed by atoms with E-state index in [-0.39, 0.29) is 11.9 Å². The van der Waals surface area contributed by atoms with E-state index in [0.29, 0.717) is 12.5 Å². The minimum absolute atomic E-state index is 0.107. The third-order valence-electron chi connectivity index (χ3n) is 5.01. The third-order valence-corrected chi connectivity index (χ3v) is 5.01. The minimum Gasteiger partial charge on any atom is -0.333 e. The molecule has 24 heavy (non-hydrogen) atoms. The molecule has 1 heterocycles. The largest absolute Gasteiger partial charge is 0.333 e.